The molecule has 1 spiro atoms. The van der Waals surface area contributed by atoms with Crippen molar-refractivity contribution in [3.8, 4) is 44.5 Å². The number of aryl methyl sites for hydroxylation is 2. The van der Waals surface area contributed by atoms with E-state index < -0.39 is 5.41 Å². The predicted octanol–water partition coefficient (Wildman–Crippen LogP) is 19.9. The normalized spacial score (nSPS) is 12.7. The van der Waals surface area contributed by atoms with E-state index >= 15 is 0 Å². The Hall–Kier alpha value is -10.4. The number of para-hydroxylation sites is 1. The lowest BCUT2D eigenvalue weighted by Gasteiger charge is -2.33. The van der Waals surface area contributed by atoms with E-state index in [-0.39, 0.29) is 0 Å². The Morgan fingerprint density at radius 3 is 1.62 bits per heavy atom. The van der Waals surface area contributed by atoms with Gasteiger partial charge in [0.25, 0.3) is 0 Å². The molecule has 376 valence electrons. The zero-order valence-corrected chi connectivity index (χ0v) is 44.1. The summed E-state index contributed by atoms with van der Waals surface area (Å²) in [4.78, 5) is 14.8. The van der Waals surface area contributed by atoms with E-state index in [1.54, 1.807) is 0 Å². The van der Waals surface area contributed by atoms with Gasteiger partial charge in [-0.2, -0.15) is 0 Å². The summed E-state index contributed by atoms with van der Waals surface area (Å²) in [6.45, 7) is 4.14. The molecule has 0 bridgehead atoms. The van der Waals surface area contributed by atoms with Gasteiger partial charge in [0.1, 0.15) is 11.4 Å². The summed E-state index contributed by atoms with van der Waals surface area (Å²) >= 11 is 0. The third-order valence-corrected chi connectivity index (χ3v) is 16.8. The summed E-state index contributed by atoms with van der Waals surface area (Å²) in [5.41, 5.74) is 22.3. The third kappa shape index (κ3) is 6.77. The van der Waals surface area contributed by atoms with Gasteiger partial charge in [-0.1, -0.05) is 188 Å². The van der Waals surface area contributed by atoms with Gasteiger partial charge < -0.3 is 9.32 Å². The van der Waals surface area contributed by atoms with Crippen molar-refractivity contribution in [3.63, 3.8) is 0 Å². The molecule has 5 nitrogen and oxygen atoms in total. The highest BCUT2D eigenvalue weighted by atomic mass is 16.3. The van der Waals surface area contributed by atoms with Crippen LogP contribution in [0, 0.1) is 13.8 Å². The van der Waals surface area contributed by atoms with Crippen LogP contribution in [-0.2, 0) is 5.41 Å². The van der Waals surface area contributed by atoms with E-state index in [4.69, 9.17) is 14.4 Å². The molecule has 11 aromatic carbocycles. The Balaban J connectivity index is 1.04. The van der Waals surface area contributed by atoms with Gasteiger partial charge in [0, 0.05) is 39.7 Å². The van der Waals surface area contributed by atoms with E-state index in [1.807, 2.05) is 19.3 Å². The van der Waals surface area contributed by atoms with Crippen LogP contribution in [0.15, 0.2) is 272 Å². The number of pyridine rings is 2. The van der Waals surface area contributed by atoms with E-state index in [0.29, 0.717) is 0 Å². The molecule has 3 heterocycles. The van der Waals surface area contributed by atoms with Crippen LogP contribution in [0.25, 0.3) is 88.0 Å². The van der Waals surface area contributed by atoms with Gasteiger partial charge in [-0.05, 0) is 174 Å². The molecule has 80 heavy (non-hydrogen) atoms. The zero-order valence-electron chi connectivity index (χ0n) is 44.1. The molecule has 0 unspecified atom stereocenters. The summed E-state index contributed by atoms with van der Waals surface area (Å²) < 4.78 is 7.37. The van der Waals surface area contributed by atoms with Crippen molar-refractivity contribution in [2.75, 3.05) is 9.80 Å². The molecule has 2 aliphatic carbocycles. The second-order valence-corrected chi connectivity index (χ2v) is 21.3. The molecule has 14 aromatic rings. The minimum absolute atomic E-state index is 0.770. The highest BCUT2D eigenvalue weighted by molar-refractivity contribution is 6.27. The van der Waals surface area contributed by atoms with Gasteiger partial charge in [0.15, 0.2) is 5.58 Å². The molecule has 0 radical (unpaired) electrons. The summed E-state index contributed by atoms with van der Waals surface area (Å²) in [6, 6.07) is 93.1. The number of aromatic nitrogens is 2. The maximum atomic E-state index is 7.37. The minimum atomic E-state index is -0.770. The molecular formula is C75H50N4O. The van der Waals surface area contributed by atoms with Gasteiger partial charge in [0.05, 0.1) is 23.0 Å². The number of hydrogen-bond acceptors (Lipinski definition) is 5. The number of fused-ring (bicyclic) bond motifs is 19. The Bertz CT molecular complexity index is 4750. The molecule has 0 saturated carbocycles. The van der Waals surface area contributed by atoms with Crippen LogP contribution >= 0.6 is 0 Å². The van der Waals surface area contributed by atoms with Crippen molar-refractivity contribution < 1.29 is 4.42 Å². The molecule has 16 rings (SSSR count). The van der Waals surface area contributed by atoms with Gasteiger partial charge in [-0.3, -0.25) is 9.88 Å². The zero-order chi connectivity index (χ0) is 53.1. The first-order valence-electron chi connectivity index (χ1n) is 27.5. The topological polar surface area (TPSA) is 45.4 Å². The monoisotopic (exact) mass is 1020 g/mol. The fourth-order valence-electron chi connectivity index (χ4n) is 13.4. The van der Waals surface area contributed by atoms with Gasteiger partial charge >= 0.3 is 0 Å². The molecule has 5 heteroatoms. The molecule has 3 aromatic heterocycles. The quantitative estimate of drug-likeness (QED) is 0.142. The van der Waals surface area contributed by atoms with Crippen molar-refractivity contribution in [1.29, 1.82) is 0 Å². The van der Waals surface area contributed by atoms with Gasteiger partial charge in [0.2, 0.25) is 0 Å². The predicted molar refractivity (Wildman–Crippen MR) is 330 cm³/mol. The van der Waals surface area contributed by atoms with Crippen LogP contribution in [0.5, 0.6) is 0 Å². The standard InChI is InChI=1S/C75H50N4O/c1-47-35-40-69(77-45-47)79(54-26-18-24-52(42-54)50-21-7-4-8-22-50)55-38-39-61-63(43-55)57-27-9-10-30-60(57)70-72-66(75(73(61)70)64-32-14-11-28-58(64)59-29-12-15-33-65(59)75)44-67(74-71(72)62-31-13-16-34-68(62)80-74)78(56-37-36-48(2)76-46-56)53-25-17-23-51(41-53)49-19-5-3-6-20-49/h3-46H,1-2H3. The molecule has 2 aliphatic rings. The van der Waals surface area contributed by atoms with Crippen LogP contribution in [-0.4, -0.2) is 9.97 Å². The van der Waals surface area contributed by atoms with E-state index in [1.165, 1.54) is 66.1 Å². The van der Waals surface area contributed by atoms with Crippen molar-refractivity contribution in [2.45, 2.75) is 19.3 Å². The number of benzene rings is 11. The summed E-state index contributed by atoms with van der Waals surface area (Å²) in [5, 5.41) is 6.89. The number of furan rings is 1. The van der Waals surface area contributed by atoms with E-state index in [0.717, 1.165) is 89.7 Å². The van der Waals surface area contributed by atoms with Gasteiger partial charge in [-0.25, -0.2) is 4.98 Å². The number of hydrogen-bond donors (Lipinski definition) is 0. The Labute approximate surface area is 464 Å². The van der Waals surface area contributed by atoms with E-state index in [9.17, 15) is 0 Å². The summed E-state index contributed by atoms with van der Waals surface area (Å²) in [5.74, 6) is 0.845. The molecule has 0 fully saturated rings. The Morgan fingerprint density at radius 2 is 0.963 bits per heavy atom. The lowest BCUT2D eigenvalue weighted by atomic mass is 9.69. The van der Waals surface area contributed by atoms with Crippen molar-refractivity contribution in [1.82, 2.24) is 9.97 Å². The Kier molecular flexibility index (Phi) is 10.2. The lowest BCUT2D eigenvalue weighted by Crippen LogP contribution is -2.26. The third-order valence-electron chi connectivity index (χ3n) is 16.8. The van der Waals surface area contributed by atoms with Crippen molar-refractivity contribution >= 4 is 77.7 Å². The van der Waals surface area contributed by atoms with Crippen LogP contribution < -0.4 is 9.80 Å². The SMILES string of the molecule is Cc1ccc(N(c2cccc(-c3ccccc3)c2)c2ccc3c4c(c5ccccc5c3c2)-c2c(cc(N(c3ccc(C)nc3)c3cccc(-c5ccccc5)c3)c3oc5ccccc5c23)C42c3ccccc3-c3ccccc32)nc1. The first-order chi connectivity index (χ1) is 39.5. The maximum absolute atomic E-state index is 7.37. The largest absolute Gasteiger partial charge is 0.454 e. The fourth-order valence-corrected chi connectivity index (χ4v) is 13.4. The average Bonchev–Trinajstić information content (AvgIpc) is 4.33. The molecule has 0 atom stereocenters. The Morgan fingerprint density at radius 1 is 0.375 bits per heavy atom. The summed E-state index contributed by atoms with van der Waals surface area (Å²) in [7, 11) is 0. The van der Waals surface area contributed by atoms with Crippen LogP contribution in [0.3, 0.4) is 0 Å². The number of nitrogens with zero attached hydrogens (tertiary/aromatic N) is 4. The lowest BCUT2D eigenvalue weighted by molar-refractivity contribution is 0.668. The average molecular weight is 1020 g/mol. The molecule has 0 aliphatic heterocycles. The summed E-state index contributed by atoms with van der Waals surface area (Å²) in [6.07, 6.45) is 3.97. The molecule has 0 amide bonds. The van der Waals surface area contributed by atoms with Crippen LogP contribution in [0.4, 0.5) is 34.3 Å². The van der Waals surface area contributed by atoms with E-state index in [2.05, 4.69) is 272 Å². The maximum Gasteiger partial charge on any atom is 0.160 e. The second kappa shape index (κ2) is 17.8. The van der Waals surface area contributed by atoms with Crippen molar-refractivity contribution in [3.05, 3.63) is 301 Å². The second-order valence-electron chi connectivity index (χ2n) is 21.3. The highest BCUT2D eigenvalue weighted by Crippen LogP contribution is 2.68. The highest BCUT2D eigenvalue weighted by Gasteiger charge is 2.54. The number of rotatable bonds is 8. The molecule has 0 saturated heterocycles. The van der Waals surface area contributed by atoms with Gasteiger partial charge in [-0.15, -0.1) is 0 Å². The molecular weight excluding hydrogens is 973 g/mol. The minimum Gasteiger partial charge on any atom is -0.454 e. The van der Waals surface area contributed by atoms with Crippen LogP contribution in [0.2, 0.25) is 0 Å². The fraction of sp³-hybridized carbons (Fsp3) is 0.0400. The first kappa shape index (κ1) is 45.8. The first-order valence-corrected chi connectivity index (χ1v) is 27.5. The molecule has 0 N–H and O–H groups in total. The van der Waals surface area contributed by atoms with Crippen LogP contribution in [0.1, 0.15) is 33.5 Å². The smallest absolute Gasteiger partial charge is 0.160 e. The number of anilines is 6. The van der Waals surface area contributed by atoms with Crippen molar-refractivity contribution in [2.24, 2.45) is 0 Å².